The zero-order chi connectivity index (χ0) is 11.3. The van der Waals surface area contributed by atoms with E-state index in [4.69, 9.17) is 0 Å². The third-order valence-electron chi connectivity index (χ3n) is 3.74. The molecular weight excluding hydrogens is 194 g/mol. The van der Waals surface area contributed by atoms with Crippen LogP contribution in [0.5, 0.6) is 0 Å². The second kappa shape index (κ2) is 5.49. The summed E-state index contributed by atoms with van der Waals surface area (Å²) in [6.07, 6.45) is 7.95. The van der Waals surface area contributed by atoms with Gasteiger partial charge in [-0.15, -0.1) is 0 Å². The van der Waals surface area contributed by atoms with Crippen molar-refractivity contribution < 1.29 is 0 Å². The standard InChI is InChI=1S/C15H23N/c1-15(12-7-13-16-15)11-6-5-10-14-8-3-2-4-9-14/h2-4,8-9,16H,5-7,10-13H2,1H3. The number of rotatable bonds is 5. The van der Waals surface area contributed by atoms with E-state index in [1.54, 1.807) is 0 Å². The van der Waals surface area contributed by atoms with E-state index in [1.807, 2.05) is 0 Å². The van der Waals surface area contributed by atoms with Crippen molar-refractivity contribution in [1.82, 2.24) is 5.32 Å². The molecule has 88 valence electrons. The van der Waals surface area contributed by atoms with Crippen molar-refractivity contribution >= 4 is 0 Å². The van der Waals surface area contributed by atoms with Crippen molar-refractivity contribution in [2.45, 2.75) is 51.0 Å². The molecule has 1 aliphatic heterocycles. The maximum absolute atomic E-state index is 3.63. The Balaban J connectivity index is 1.65. The average Bonchev–Trinajstić information content (AvgIpc) is 2.74. The van der Waals surface area contributed by atoms with Gasteiger partial charge in [0, 0.05) is 5.54 Å². The summed E-state index contributed by atoms with van der Waals surface area (Å²) >= 11 is 0. The summed E-state index contributed by atoms with van der Waals surface area (Å²) in [4.78, 5) is 0. The number of unbranched alkanes of at least 4 members (excludes halogenated alkanes) is 1. The highest BCUT2D eigenvalue weighted by Crippen LogP contribution is 2.24. The fraction of sp³-hybridized carbons (Fsp3) is 0.600. The van der Waals surface area contributed by atoms with Crippen LogP contribution in [0.4, 0.5) is 0 Å². The summed E-state index contributed by atoms with van der Waals surface area (Å²) in [5.74, 6) is 0. The lowest BCUT2D eigenvalue weighted by atomic mass is 9.92. The predicted molar refractivity (Wildman–Crippen MR) is 69.6 cm³/mol. The molecule has 16 heavy (non-hydrogen) atoms. The molecule has 1 aliphatic rings. The highest BCUT2D eigenvalue weighted by atomic mass is 15.0. The van der Waals surface area contributed by atoms with E-state index in [0.29, 0.717) is 5.54 Å². The van der Waals surface area contributed by atoms with E-state index in [1.165, 1.54) is 50.6 Å². The second-order valence-corrected chi connectivity index (χ2v) is 5.28. The first-order valence-electron chi connectivity index (χ1n) is 6.57. The van der Waals surface area contributed by atoms with Crippen molar-refractivity contribution in [1.29, 1.82) is 0 Å². The van der Waals surface area contributed by atoms with Crippen LogP contribution in [0.2, 0.25) is 0 Å². The van der Waals surface area contributed by atoms with Crippen molar-refractivity contribution in [3.05, 3.63) is 35.9 Å². The van der Waals surface area contributed by atoms with Gasteiger partial charge < -0.3 is 5.32 Å². The number of nitrogens with one attached hydrogen (secondary N) is 1. The lowest BCUT2D eigenvalue weighted by Crippen LogP contribution is -2.35. The molecule has 1 aromatic carbocycles. The van der Waals surface area contributed by atoms with Crippen LogP contribution < -0.4 is 5.32 Å². The van der Waals surface area contributed by atoms with E-state index >= 15 is 0 Å². The monoisotopic (exact) mass is 217 g/mol. The first-order chi connectivity index (χ1) is 7.79. The van der Waals surface area contributed by atoms with Gasteiger partial charge in [-0.3, -0.25) is 0 Å². The number of benzene rings is 1. The second-order valence-electron chi connectivity index (χ2n) is 5.28. The van der Waals surface area contributed by atoms with Gasteiger partial charge in [0.05, 0.1) is 0 Å². The molecule has 0 amide bonds. The molecule has 0 saturated carbocycles. The summed E-state index contributed by atoms with van der Waals surface area (Å²) < 4.78 is 0. The minimum atomic E-state index is 0.441. The zero-order valence-electron chi connectivity index (χ0n) is 10.3. The lowest BCUT2D eigenvalue weighted by Gasteiger charge is -2.24. The Kier molecular flexibility index (Phi) is 4.00. The summed E-state index contributed by atoms with van der Waals surface area (Å²) in [6.45, 7) is 3.59. The van der Waals surface area contributed by atoms with Crippen molar-refractivity contribution in [2.75, 3.05) is 6.54 Å². The maximum Gasteiger partial charge on any atom is 0.0153 e. The molecular formula is C15H23N. The largest absolute Gasteiger partial charge is 0.312 e. The summed E-state index contributed by atoms with van der Waals surface area (Å²) in [7, 11) is 0. The molecule has 0 radical (unpaired) electrons. The Morgan fingerprint density at radius 3 is 2.69 bits per heavy atom. The van der Waals surface area contributed by atoms with Gasteiger partial charge in [0.2, 0.25) is 0 Å². The maximum atomic E-state index is 3.63. The molecule has 1 aromatic rings. The lowest BCUT2D eigenvalue weighted by molar-refractivity contribution is 0.369. The summed E-state index contributed by atoms with van der Waals surface area (Å²) in [5.41, 5.74) is 1.92. The highest BCUT2D eigenvalue weighted by Gasteiger charge is 2.26. The molecule has 1 unspecified atom stereocenters. The fourth-order valence-electron chi connectivity index (χ4n) is 2.66. The van der Waals surface area contributed by atoms with E-state index in [9.17, 15) is 0 Å². The Labute approximate surface area is 99.3 Å². The van der Waals surface area contributed by atoms with Crippen LogP contribution in [0.25, 0.3) is 0 Å². The van der Waals surface area contributed by atoms with Crippen LogP contribution in [0.1, 0.15) is 44.6 Å². The molecule has 0 aliphatic carbocycles. The van der Waals surface area contributed by atoms with Crippen LogP contribution >= 0.6 is 0 Å². The van der Waals surface area contributed by atoms with Gasteiger partial charge in [-0.05, 0) is 51.1 Å². The van der Waals surface area contributed by atoms with Gasteiger partial charge in [-0.1, -0.05) is 36.8 Å². The molecule has 1 N–H and O–H groups in total. The minimum Gasteiger partial charge on any atom is -0.312 e. The van der Waals surface area contributed by atoms with Crippen LogP contribution in [-0.4, -0.2) is 12.1 Å². The first-order valence-corrected chi connectivity index (χ1v) is 6.57. The van der Waals surface area contributed by atoms with Crippen molar-refractivity contribution in [3.8, 4) is 0 Å². The van der Waals surface area contributed by atoms with E-state index in [-0.39, 0.29) is 0 Å². The van der Waals surface area contributed by atoms with E-state index in [0.717, 1.165) is 0 Å². The molecule has 0 spiro atoms. The molecule has 1 heterocycles. The summed E-state index contributed by atoms with van der Waals surface area (Å²) in [6, 6.07) is 10.8. The van der Waals surface area contributed by atoms with Gasteiger partial charge in [-0.2, -0.15) is 0 Å². The molecule has 2 rings (SSSR count). The first kappa shape index (κ1) is 11.7. The van der Waals surface area contributed by atoms with Gasteiger partial charge in [0.15, 0.2) is 0 Å². The van der Waals surface area contributed by atoms with E-state index in [2.05, 4.69) is 42.6 Å². The minimum absolute atomic E-state index is 0.441. The van der Waals surface area contributed by atoms with Gasteiger partial charge >= 0.3 is 0 Å². The molecule has 1 saturated heterocycles. The normalized spacial score (nSPS) is 24.8. The quantitative estimate of drug-likeness (QED) is 0.744. The summed E-state index contributed by atoms with van der Waals surface area (Å²) in [5, 5.41) is 3.63. The SMILES string of the molecule is CC1(CCCCc2ccccc2)CCCN1. The molecule has 1 heteroatoms. The van der Waals surface area contributed by atoms with Gasteiger partial charge in [0.25, 0.3) is 0 Å². The third-order valence-corrected chi connectivity index (χ3v) is 3.74. The van der Waals surface area contributed by atoms with Crippen molar-refractivity contribution in [3.63, 3.8) is 0 Å². The number of hydrogen-bond donors (Lipinski definition) is 1. The predicted octanol–water partition coefficient (Wildman–Crippen LogP) is 3.54. The molecule has 1 atom stereocenters. The Hall–Kier alpha value is -0.820. The van der Waals surface area contributed by atoms with Crippen LogP contribution in [0, 0.1) is 0 Å². The highest BCUT2D eigenvalue weighted by molar-refractivity contribution is 5.14. The molecule has 1 nitrogen and oxygen atoms in total. The average molecular weight is 217 g/mol. The zero-order valence-corrected chi connectivity index (χ0v) is 10.3. The number of hydrogen-bond acceptors (Lipinski definition) is 1. The molecule has 0 bridgehead atoms. The fourth-order valence-corrected chi connectivity index (χ4v) is 2.66. The van der Waals surface area contributed by atoms with Gasteiger partial charge in [0.1, 0.15) is 0 Å². The van der Waals surface area contributed by atoms with E-state index < -0.39 is 0 Å². The third kappa shape index (κ3) is 3.34. The van der Waals surface area contributed by atoms with Crippen LogP contribution in [-0.2, 0) is 6.42 Å². The Bertz CT molecular complexity index is 298. The molecule has 1 fully saturated rings. The van der Waals surface area contributed by atoms with Crippen molar-refractivity contribution in [2.24, 2.45) is 0 Å². The molecule has 0 aromatic heterocycles. The smallest absolute Gasteiger partial charge is 0.0153 e. The Morgan fingerprint density at radius 1 is 1.19 bits per heavy atom. The topological polar surface area (TPSA) is 12.0 Å². The van der Waals surface area contributed by atoms with Crippen LogP contribution in [0.3, 0.4) is 0 Å². The van der Waals surface area contributed by atoms with Gasteiger partial charge in [-0.25, -0.2) is 0 Å². The Morgan fingerprint density at radius 2 is 2.00 bits per heavy atom. The van der Waals surface area contributed by atoms with Crippen LogP contribution in [0.15, 0.2) is 30.3 Å². The number of aryl methyl sites for hydroxylation is 1.